The number of rotatable bonds is 8. The summed E-state index contributed by atoms with van der Waals surface area (Å²) in [6.45, 7) is 5.05. The SMILES string of the molecule is CCCCn1c(=O)[nH]c(=O)c2c1nc(CSc1nc3ccc(N[O-])cc3[nH]1)n2CC. The normalized spacial score (nSPS) is 11.6. The summed E-state index contributed by atoms with van der Waals surface area (Å²) in [5.41, 5.74) is 3.82. The second kappa shape index (κ2) is 8.36. The summed E-state index contributed by atoms with van der Waals surface area (Å²) >= 11 is 1.44. The molecule has 0 saturated carbocycles. The van der Waals surface area contributed by atoms with Crippen LogP contribution in [0.1, 0.15) is 32.5 Å². The standard InChI is InChI=1S/C19H22N7O3S/c1-3-5-8-26-16-15(17(27)23-19(26)28)25(4-2)14(22-16)10-30-18-20-12-7-6-11(24-29)9-13(12)21-18/h6-7,9,24H,3-5,8,10H2,1-2H3,(H,20,21)(H,23,27,28)/q-1. The summed E-state index contributed by atoms with van der Waals surface area (Å²) < 4.78 is 3.38. The third-order valence-corrected chi connectivity index (χ3v) is 5.80. The van der Waals surface area contributed by atoms with Crippen LogP contribution in [0.4, 0.5) is 5.69 Å². The number of unbranched alkanes of at least 4 members (excludes halogenated alkanes) is 1. The fourth-order valence-corrected chi connectivity index (χ4v) is 4.27. The van der Waals surface area contributed by atoms with Crippen molar-refractivity contribution in [3.05, 3.63) is 50.1 Å². The topological polar surface area (TPSA) is 136 Å². The lowest BCUT2D eigenvalue weighted by molar-refractivity contribution is 0.613. The molecule has 0 aliphatic heterocycles. The Bertz CT molecular complexity index is 1320. The number of anilines is 1. The van der Waals surface area contributed by atoms with Gasteiger partial charge in [0.15, 0.2) is 16.3 Å². The Balaban J connectivity index is 1.69. The molecule has 30 heavy (non-hydrogen) atoms. The number of nitrogens with zero attached hydrogens (tertiary/aromatic N) is 4. The van der Waals surface area contributed by atoms with Crippen LogP contribution < -0.4 is 16.7 Å². The van der Waals surface area contributed by atoms with Crippen molar-refractivity contribution >= 4 is 39.6 Å². The summed E-state index contributed by atoms with van der Waals surface area (Å²) in [7, 11) is 0. The van der Waals surface area contributed by atoms with Crippen LogP contribution in [-0.4, -0.2) is 29.1 Å². The number of thioether (sulfide) groups is 1. The first kappa shape index (κ1) is 20.2. The van der Waals surface area contributed by atoms with Crippen LogP contribution in [0.2, 0.25) is 0 Å². The fraction of sp³-hybridized carbons (Fsp3) is 0.368. The predicted octanol–water partition coefficient (Wildman–Crippen LogP) is 2.78. The van der Waals surface area contributed by atoms with E-state index in [1.807, 2.05) is 23.9 Å². The minimum atomic E-state index is -0.430. The second-order valence-electron chi connectivity index (χ2n) is 6.87. The minimum absolute atomic E-state index is 0.416. The molecule has 4 rings (SSSR count). The maximum absolute atomic E-state index is 12.5. The van der Waals surface area contributed by atoms with E-state index < -0.39 is 11.2 Å². The number of imidazole rings is 2. The number of fused-ring (bicyclic) bond motifs is 2. The van der Waals surface area contributed by atoms with E-state index >= 15 is 0 Å². The van der Waals surface area contributed by atoms with Crippen molar-refractivity contribution in [1.29, 1.82) is 0 Å². The van der Waals surface area contributed by atoms with Crippen molar-refractivity contribution in [2.45, 2.75) is 50.7 Å². The Morgan fingerprint density at radius 1 is 1.17 bits per heavy atom. The number of benzene rings is 1. The lowest BCUT2D eigenvalue weighted by atomic mass is 10.3. The van der Waals surface area contributed by atoms with Crippen molar-refractivity contribution in [3.8, 4) is 0 Å². The highest BCUT2D eigenvalue weighted by Crippen LogP contribution is 2.25. The van der Waals surface area contributed by atoms with Crippen molar-refractivity contribution in [3.63, 3.8) is 0 Å². The molecule has 0 radical (unpaired) electrons. The molecule has 158 valence electrons. The highest BCUT2D eigenvalue weighted by molar-refractivity contribution is 7.98. The molecule has 0 fully saturated rings. The Kier molecular flexibility index (Phi) is 5.64. The van der Waals surface area contributed by atoms with E-state index in [1.165, 1.54) is 11.8 Å². The van der Waals surface area contributed by atoms with Gasteiger partial charge >= 0.3 is 5.69 Å². The summed E-state index contributed by atoms with van der Waals surface area (Å²) in [6.07, 6.45) is 1.75. The Labute approximate surface area is 175 Å². The number of aryl methyl sites for hydroxylation is 2. The molecule has 0 aliphatic carbocycles. The van der Waals surface area contributed by atoms with Crippen LogP contribution in [0.3, 0.4) is 0 Å². The van der Waals surface area contributed by atoms with E-state index in [1.54, 1.807) is 22.8 Å². The molecule has 4 aromatic rings. The van der Waals surface area contributed by atoms with E-state index in [0.717, 1.165) is 23.9 Å². The zero-order chi connectivity index (χ0) is 21.3. The maximum Gasteiger partial charge on any atom is 0.330 e. The van der Waals surface area contributed by atoms with Gasteiger partial charge in [-0.15, -0.1) is 0 Å². The Morgan fingerprint density at radius 2 is 2.00 bits per heavy atom. The van der Waals surface area contributed by atoms with Crippen molar-refractivity contribution < 1.29 is 0 Å². The lowest BCUT2D eigenvalue weighted by Crippen LogP contribution is -2.31. The van der Waals surface area contributed by atoms with Gasteiger partial charge in [-0.2, -0.15) is 0 Å². The average Bonchev–Trinajstić information content (AvgIpc) is 3.32. The monoisotopic (exact) mass is 428 g/mol. The number of hydrogen-bond acceptors (Lipinski definition) is 7. The fourth-order valence-electron chi connectivity index (χ4n) is 3.44. The number of nitrogens with one attached hydrogen (secondary N) is 3. The van der Waals surface area contributed by atoms with E-state index in [2.05, 4.69) is 19.9 Å². The Morgan fingerprint density at radius 3 is 2.73 bits per heavy atom. The zero-order valence-electron chi connectivity index (χ0n) is 16.7. The lowest BCUT2D eigenvalue weighted by Gasteiger charge is -2.07. The molecule has 10 nitrogen and oxygen atoms in total. The van der Waals surface area contributed by atoms with Crippen LogP contribution >= 0.6 is 11.8 Å². The van der Waals surface area contributed by atoms with Gasteiger partial charge in [-0.05, 0) is 31.5 Å². The number of hydrogen-bond donors (Lipinski definition) is 3. The second-order valence-corrected chi connectivity index (χ2v) is 7.84. The largest absolute Gasteiger partial charge is 0.761 e. The summed E-state index contributed by atoms with van der Waals surface area (Å²) in [4.78, 5) is 39.6. The highest BCUT2D eigenvalue weighted by atomic mass is 32.2. The van der Waals surface area contributed by atoms with Crippen LogP contribution in [0.25, 0.3) is 22.2 Å². The molecule has 0 bridgehead atoms. The number of H-pyrrole nitrogens is 2. The first-order valence-corrected chi connectivity index (χ1v) is 10.8. The summed E-state index contributed by atoms with van der Waals surface area (Å²) in [6, 6.07) is 5.14. The van der Waals surface area contributed by atoms with Crippen molar-refractivity contribution in [2.75, 3.05) is 5.48 Å². The van der Waals surface area contributed by atoms with Gasteiger partial charge in [0.25, 0.3) is 5.56 Å². The molecular weight excluding hydrogens is 406 g/mol. The van der Waals surface area contributed by atoms with Crippen molar-refractivity contribution in [2.24, 2.45) is 0 Å². The number of aromatic nitrogens is 6. The van der Waals surface area contributed by atoms with E-state index in [9.17, 15) is 14.8 Å². The zero-order valence-corrected chi connectivity index (χ0v) is 17.5. The first-order chi connectivity index (χ1) is 14.5. The number of aromatic amines is 2. The molecule has 0 amide bonds. The van der Waals surface area contributed by atoms with Gasteiger partial charge in [-0.3, -0.25) is 14.3 Å². The van der Waals surface area contributed by atoms with Crippen LogP contribution in [-0.2, 0) is 18.8 Å². The molecule has 3 aromatic heterocycles. The highest BCUT2D eigenvalue weighted by Gasteiger charge is 2.18. The van der Waals surface area contributed by atoms with Gasteiger partial charge < -0.3 is 20.2 Å². The quantitative estimate of drug-likeness (QED) is 0.290. The summed E-state index contributed by atoms with van der Waals surface area (Å²) in [5, 5.41) is 11.5. The molecule has 0 saturated heterocycles. The predicted molar refractivity (Wildman–Crippen MR) is 118 cm³/mol. The van der Waals surface area contributed by atoms with E-state index in [4.69, 9.17) is 0 Å². The van der Waals surface area contributed by atoms with Crippen LogP contribution in [0.5, 0.6) is 0 Å². The minimum Gasteiger partial charge on any atom is -0.761 e. The summed E-state index contributed by atoms with van der Waals surface area (Å²) in [5.74, 6) is 1.16. The molecule has 3 N–H and O–H groups in total. The molecule has 0 aliphatic rings. The molecule has 0 spiro atoms. The molecular formula is C19H22N7O3S-. The molecule has 3 heterocycles. The molecule has 0 atom stereocenters. The third kappa shape index (κ3) is 3.61. The van der Waals surface area contributed by atoms with Crippen LogP contribution in [0.15, 0.2) is 32.9 Å². The van der Waals surface area contributed by atoms with Gasteiger partial charge in [-0.25, -0.2) is 14.8 Å². The third-order valence-electron chi connectivity index (χ3n) is 4.93. The molecule has 1 aromatic carbocycles. The van der Waals surface area contributed by atoms with Gasteiger partial charge in [0.1, 0.15) is 5.82 Å². The smallest absolute Gasteiger partial charge is 0.330 e. The van der Waals surface area contributed by atoms with Crippen LogP contribution in [0, 0.1) is 5.21 Å². The average molecular weight is 428 g/mol. The van der Waals surface area contributed by atoms with Gasteiger partial charge in [0.05, 0.1) is 16.8 Å². The van der Waals surface area contributed by atoms with Crippen molar-refractivity contribution in [1.82, 2.24) is 29.1 Å². The first-order valence-electron chi connectivity index (χ1n) is 9.78. The van der Waals surface area contributed by atoms with Gasteiger partial charge in [0.2, 0.25) is 0 Å². The molecule has 0 unspecified atom stereocenters. The Hall–Kier alpha value is -3.05. The molecule has 11 heteroatoms. The van der Waals surface area contributed by atoms with Gasteiger partial charge in [-0.1, -0.05) is 25.1 Å². The van der Waals surface area contributed by atoms with E-state index in [-0.39, 0.29) is 0 Å². The maximum atomic E-state index is 12.5. The van der Waals surface area contributed by atoms with E-state index in [0.29, 0.717) is 46.7 Å². The van der Waals surface area contributed by atoms with Gasteiger partial charge in [0, 0.05) is 18.8 Å².